The number of sulfonamides is 1. The number of hydrogen-bond donors (Lipinski definition) is 1. The van der Waals surface area contributed by atoms with Crippen molar-refractivity contribution in [2.45, 2.75) is 38.5 Å². The van der Waals surface area contributed by atoms with Crippen molar-refractivity contribution in [1.29, 1.82) is 0 Å². The number of halogens is 1. The van der Waals surface area contributed by atoms with Gasteiger partial charge in [-0.05, 0) is 39.0 Å². The molecule has 0 bridgehead atoms. The lowest BCUT2D eigenvalue weighted by atomic mass is 9.86. The van der Waals surface area contributed by atoms with E-state index in [1.54, 1.807) is 13.8 Å². The van der Waals surface area contributed by atoms with Gasteiger partial charge in [-0.25, -0.2) is 12.8 Å². The lowest BCUT2D eigenvalue weighted by molar-refractivity contribution is -0.0764. The van der Waals surface area contributed by atoms with E-state index in [2.05, 4.69) is 0 Å². The Bertz CT molecular complexity index is 644. The third kappa shape index (κ3) is 2.77. The van der Waals surface area contributed by atoms with Crippen LogP contribution in [0.4, 0.5) is 4.39 Å². The summed E-state index contributed by atoms with van der Waals surface area (Å²) in [6.45, 7) is 4.86. The van der Waals surface area contributed by atoms with Crippen LogP contribution in [0, 0.1) is 5.82 Å². The summed E-state index contributed by atoms with van der Waals surface area (Å²) in [6, 6.07) is 3.03. The van der Waals surface area contributed by atoms with E-state index in [9.17, 15) is 17.9 Å². The van der Waals surface area contributed by atoms with Crippen molar-refractivity contribution in [3.8, 4) is 5.75 Å². The second-order valence-electron chi connectivity index (χ2n) is 5.69. The topological polar surface area (TPSA) is 66.8 Å². The molecule has 1 aromatic carbocycles. The fourth-order valence-electron chi connectivity index (χ4n) is 2.51. The van der Waals surface area contributed by atoms with Crippen LogP contribution in [0.3, 0.4) is 0 Å². The highest BCUT2D eigenvalue weighted by atomic mass is 32.2. The van der Waals surface area contributed by atoms with Gasteiger partial charge in [-0.2, -0.15) is 4.31 Å². The monoisotopic (exact) mass is 317 g/mol. The highest BCUT2D eigenvalue weighted by Crippen LogP contribution is 2.43. The average molecular weight is 317 g/mol. The second-order valence-corrected chi connectivity index (χ2v) is 8.01. The van der Waals surface area contributed by atoms with Gasteiger partial charge in [-0.3, -0.25) is 0 Å². The van der Waals surface area contributed by atoms with Gasteiger partial charge < -0.3 is 9.84 Å². The predicted octanol–water partition coefficient (Wildman–Crippen LogP) is 1.68. The number of nitrogens with zero attached hydrogens (tertiary/aromatic N) is 1. The zero-order valence-electron chi connectivity index (χ0n) is 12.5. The molecule has 2 rings (SSSR count). The molecule has 1 aliphatic rings. The molecular weight excluding hydrogens is 297 g/mol. The third-order valence-electron chi connectivity index (χ3n) is 3.87. The molecule has 0 aromatic heterocycles. The SMILES string of the molecule is CCS(=O)(=O)N(C)C1c2cc(F)ccc2OC(C)(C)C1O. The Labute approximate surface area is 124 Å². The third-order valence-corrected chi connectivity index (χ3v) is 5.70. The van der Waals surface area contributed by atoms with Gasteiger partial charge in [0.05, 0.1) is 11.8 Å². The molecule has 1 N–H and O–H groups in total. The summed E-state index contributed by atoms with van der Waals surface area (Å²) < 4.78 is 44.6. The van der Waals surface area contributed by atoms with E-state index >= 15 is 0 Å². The van der Waals surface area contributed by atoms with Gasteiger partial charge >= 0.3 is 0 Å². The van der Waals surface area contributed by atoms with Gasteiger partial charge in [0.1, 0.15) is 23.3 Å². The van der Waals surface area contributed by atoms with E-state index in [1.165, 1.54) is 32.2 Å². The minimum absolute atomic E-state index is 0.0986. The van der Waals surface area contributed by atoms with Crippen LogP contribution < -0.4 is 4.74 Å². The summed E-state index contributed by atoms with van der Waals surface area (Å²) >= 11 is 0. The molecule has 1 aliphatic heterocycles. The quantitative estimate of drug-likeness (QED) is 0.921. The molecule has 0 aliphatic carbocycles. The Morgan fingerprint density at radius 1 is 1.43 bits per heavy atom. The van der Waals surface area contributed by atoms with E-state index in [0.717, 1.165) is 4.31 Å². The number of fused-ring (bicyclic) bond motifs is 1. The van der Waals surface area contributed by atoms with Gasteiger partial charge in [0.25, 0.3) is 0 Å². The molecule has 0 amide bonds. The Hall–Kier alpha value is -1.18. The Morgan fingerprint density at radius 2 is 2.05 bits per heavy atom. The molecule has 118 valence electrons. The molecule has 0 fully saturated rings. The smallest absolute Gasteiger partial charge is 0.214 e. The van der Waals surface area contributed by atoms with Gasteiger partial charge in [-0.1, -0.05) is 0 Å². The highest BCUT2D eigenvalue weighted by Gasteiger charge is 2.47. The normalized spacial score (nSPS) is 24.5. The fraction of sp³-hybridized carbons (Fsp3) is 0.571. The van der Waals surface area contributed by atoms with Gasteiger partial charge in [0.15, 0.2) is 0 Å². The molecule has 7 heteroatoms. The van der Waals surface area contributed by atoms with E-state index in [1.807, 2.05) is 0 Å². The summed E-state index contributed by atoms with van der Waals surface area (Å²) in [5.41, 5.74) is -0.645. The minimum Gasteiger partial charge on any atom is -0.485 e. The lowest BCUT2D eigenvalue weighted by Crippen LogP contribution is -2.54. The first-order valence-corrected chi connectivity index (χ1v) is 8.33. The second kappa shape index (κ2) is 5.23. The van der Waals surface area contributed by atoms with Crippen molar-refractivity contribution >= 4 is 10.0 Å². The molecule has 2 atom stereocenters. The van der Waals surface area contributed by atoms with Crippen molar-refractivity contribution in [3.63, 3.8) is 0 Å². The molecule has 0 saturated carbocycles. The van der Waals surface area contributed by atoms with E-state index in [-0.39, 0.29) is 5.75 Å². The number of likely N-dealkylation sites (N-methyl/N-ethyl adjacent to an activating group) is 1. The maximum Gasteiger partial charge on any atom is 0.214 e. The molecule has 5 nitrogen and oxygen atoms in total. The lowest BCUT2D eigenvalue weighted by Gasteiger charge is -2.44. The number of rotatable bonds is 3. The molecule has 1 aromatic rings. The van der Waals surface area contributed by atoms with Crippen LogP contribution in [0.5, 0.6) is 5.75 Å². The highest BCUT2D eigenvalue weighted by molar-refractivity contribution is 7.89. The molecule has 0 saturated heterocycles. The van der Waals surface area contributed by atoms with Gasteiger partial charge in [0.2, 0.25) is 10.0 Å². The average Bonchev–Trinajstić information content (AvgIpc) is 2.40. The van der Waals surface area contributed by atoms with Gasteiger partial charge in [-0.15, -0.1) is 0 Å². The largest absolute Gasteiger partial charge is 0.485 e. The summed E-state index contributed by atoms with van der Waals surface area (Å²) in [4.78, 5) is 0. The van der Waals surface area contributed by atoms with Crippen molar-refractivity contribution in [2.75, 3.05) is 12.8 Å². The van der Waals surface area contributed by atoms with Crippen molar-refractivity contribution in [1.82, 2.24) is 4.31 Å². The zero-order valence-corrected chi connectivity index (χ0v) is 13.3. The van der Waals surface area contributed by atoms with Crippen LogP contribution in [-0.2, 0) is 10.0 Å². The van der Waals surface area contributed by atoms with Gasteiger partial charge in [0, 0.05) is 12.6 Å². The number of benzene rings is 1. The maximum absolute atomic E-state index is 13.5. The molecular formula is C14H20FNO4S. The molecule has 0 spiro atoms. The molecule has 0 radical (unpaired) electrons. The molecule has 1 heterocycles. The van der Waals surface area contributed by atoms with Crippen LogP contribution in [0.15, 0.2) is 18.2 Å². The van der Waals surface area contributed by atoms with Crippen LogP contribution in [0.25, 0.3) is 0 Å². The summed E-state index contributed by atoms with van der Waals surface area (Å²) in [7, 11) is -2.15. The number of ether oxygens (including phenoxy) is 1. The van der Waals surface area contributed by atoms with Crippen LogP contribution >= 0.6 is 0 Å². The predicted molar refractivity (Wildman–Crippen MR) is 77.1 cm³/mol. The summed E-state index contributed by atoms with van der Waals surface area (Å²) in [5, 5.41) is 10.5. The van der Waals surface area contributed by atoms with Crippen molar-refractivity contribution in [3.05, 3.63) is 29.6 Å². The van der Waals surface area contributed by atoms with Crippen molar-refractivity contribution < 1.29 is 22.7 Å². The van der Waals surface area contributed by atoms with Crippen LogP contribution in [-0.4, -0.2) is 42.3 Å². The van der Waals surface area contributed by atoms with E-state index in [0.29, 0.717) is 11.3 Å². The maximum atomic E-state index is 13.5. The van der Waals surface area contributed by atoms with Crippen LogP contribution in [0.1, 0.15) is 32.4 Å². The Morgan fingerprint density at radius 3 is 2.62 bits per heavy atom. The zero-order chi connectivity index (χ0) is 16.0. The Kier molecular flexibility index (Phi) is 4.03. The first-order chi connectivity index (χ1) is 9.60. The molecule has 21 heavy (non-hydrogen) atoms. The summed E-state index contributed by atoms with van der Waals surface area (Å²) in [6.07, 6.45) is -1.11. The first-order valence-electron chi connectivity index (χ1n) is 6.72. The van der Waals surface area contributed by atoms with E-state index in [4.69, 9.17) is 4.74 Å². The van der Waals surface area contributed by atoms with Crippen molar-refractivity contribution in [2.24, 2.45) is 0 Å². The number of aliphatic hydroxyl groups excluding tert-OH is 1. The van der Waals surface area contributed by atoms with E-state index < -0.39 is 33.6 Å². The van der Waals surface area contributed by atoms with Crippen LogP contribution in [0.2, 0.25) is 0 Å². The number of aliphatic hydroxyl groups is 1. The first kappa shape index (κ1) is 16.2. The fourth-order valence-corrected chi connectivity index (χ4v) is 3.49. The minimum atomic E-state index is -3.54. The summed E-state index contributed by atoms with van der Waals surface area (Å²) in [5.74, 6) is -0.218. The number of hydrogen-bond acceptors (Lipinski definition) is 4. The standard InChI is InChI=1S/C14H20FNO4S/c1-5-21(18,19)16(4)12-10-8-9(15)6-7-11(10)20-14(2,3)13(12)17/h6-8,12-13,17H,5H2,1-4H3. The Balaban J connectivity index is 2.60. The molecule has 2 unspecified atom stereocenters.